The largest absolute Gasteiger partial charge is 0.499 e. The van der Waals surface area contributed by atoms with Crippen molar-refractivity contribution in [3.05, 3.63) is 24.1 Å². The topological polar surface area (TPSA) is 58.6 Å². The number of amides is 1. The molecule has 0 saturated carbocycles. The molecule has 4 nitrogen and oxygen atoms in total. The number of thiophene rings is 1. The molecule has 0 radical (unpaired) electrons. The average Bonchev–Trinajstić information content (AvgIpc) is 2.48. The lowest BCUT2D eigenvalue weighted by molar-refractivity contribution is 0.174. The lowest BCUT2D eigenvalue weighted by atomic mass is 10.5. The highest BCUT2D eigenvalue weighted by atomic mass is 32.1. The molecular weight excluding hydrogens is 190 g/mol. The number of hydrogen-bond donors (Lipinski definition) is 2. The van der Waals surface area contributed by atoms with Gasteiger partial charge < -0.3 is 9.84 Å². The summed E-state index contributed by atoms with van der Waals surface area (Å²) in [5.41, 5.74) is 0.525. The molecule has 0 atom stereocenters. The lowest BCUT2D eigenvalue weighted by Gasteiger charge is -2.01. The van der Waals surface area contributed by atoms with Crippen molar-refractivity contribution in [2.75, 3.05) is 11.9 Å². The van der Waals surface area contributed by atoms with Crippen LogP contribution in [0.15, 0.2) is 24.1 Å². The highest BCUT2D eigenvalue weighted by Gasteiger charge is 2.03. The van der Waals surface area contributed by atoms with E-state index < -0.39 is 6.09 Å². The molecule has 13 heavy (non-hydrogen) atoms. The van der Waals surface area contributed by atoms with Gasteiger partial charge in [0.1, 0.15) is 6.61 Å². The third kappa shape index (κ3) is 3.16. The van der Waals surface area contributed by atoms with E-state index in [-0.39, 0.29) is 11.7 Å². The van der Waals surface area contributed by atoms with E-state index in [9.17, 15) is 4.79 Å². The Bertz CT molecular complexity index is 308. The van der Waals surface area contributed by atoms with E-state index in [0.29, 0.717) is 5.69 Å². The van der Waals surface area contributed by atoms with Crippen LogP contribution in [0.2, 0.25) is 0 Å². The van der Waals surface area contributed by atoms with Gasteiger partial charge in [-0.25, -0.2) is 4.79 Å². The van der Waals surface area contributed by atoms with Crippen LogP contribution in [-0.4, -0.2) is 17.8 Å². The van der Waals surface area contributed by atoms with Gasteiger partial charge in [0.2, 0.25) is 0 Å². The number of anilines is 1. The molecule has 1 aromatic heterocycles. The van der Waals surface area contributed by atoms with Gasteiger partial charge in [-0.1, -0.05) is 12.7 Å². The van der Waals surface area contributed by atoms with Crippen LogP contribution < -0.4 is 5.32 Å². The normalized spacial score (nSPS) is 9.23. The summed E-state index contributed by atoms with van der Waals surface area (Å²) in [5, 5.41) is 13.2. The highest BCUT2D eigenvalue weighted by Crippen LogP contribution is 2.24. The Hall–Kier alpha value is -1.49. The molecular formula is C8H9NO3S. The summed E-state index contributed by atoms with van der Waals surface area (Å²) in [6, 6.07) is 1.44. The first-order valence-electron chi connectivity index (χ1n) is 3.54. The molecule has 0 aliphatic rings. The van der Waals surface area contributed by atoms with Crippen molar-refractivity contribution >= 4 is 23.1 Å². The molecule has 0 aliphatic heterocycles. The molecule has 5 heteroatoms. The Morgan fingerprint density at radius 2 is 2.62 bits per heavy atom. The molecule has 1 rings (SSSR count). The first kappa shape index (κ1) is 9.60. The third-order valence-corrected chi connectivity index (χ3v) is 1.90. The second-order valence-electron chi connectivity index (χ2n) is 2.19. The van der Waals surface area contributed by atoms with Crippen LogP contribution >= 0.6 is 11.3 Å². The van der Waals surface area contributed by atoms with Crippen molar-refractivity contribution in [1.29, 1.82) is 0 Å². The van der Waals surface area contributed by atoms with Crippen LogP contribution in [0.4, 0.5) is 10.5 Å². The zero-order valence-electron chi connectivity index (χ0n) is 6.82. The molecule has 70 valence electrons. The second-order valence-corrected chi connectivity index (χ2v) is 3.08. The smallest absolute Gasteiger partial charge is 0.411 e. The van der Waals surface area contributed by atoms with Gasteiger partial charge in [0.15, 0.2) is 5.06 Å². The number of aromatic hydroxyl groups is 1. The first-order chi connectivity index (χ1) is 6.22. The number of carbonyl (C=O) groups is 1. The maximum absolute atomic E-state index is 10.9. The van der Waals surface area contributed by atoms with Crippen molar-refractivity contribution in [2.24, 2.45) is 0 Å². The highest BCUT2D eigenvalue weighted by molar-refractivity contribution is 7.12. The Kier molecular flexibility index (Phi) is 3.33. The molecule has 0 aromatic carbocycles. The number of hydrogen-bond acceptors (Lipinski definition) is 4. The molecule has 0 aliphatic carbocycles. The van der Waals surface area contributed by atoms with Crippen molar-refractivity contribution in [2.45, 2.75) is 0 Å². The summed E-state index contributed by atoms with van der Waals surface area (Å²) in [4.78, 5) is 10.9. The van der Waals surface area contributed by atoms with E-state index >= 15 is 0 Å². The molecule has 0 bridgehead atoms. The Balaban J connectivity index is 2.40. The lowest BCUT2D eigenvalue weighted by Crippen LogP contribution is -2.12. The van der Waals surface area contributed by atoms with Gasteiger partial charge in [-0.2, -0.15) is 0 Å². The zero-order chi connectivity index (χ0) is 9.68. The molecule has 1 heterocycles. The summed E-state index contributed by atoms with van der Waals surface area (Å²) in [5.74, 6) is 0. The minimum atomic E-state index is -0.558. The van der Waals surface area contributed by atoms with Crippen molar-refractivity contribution < 1.29 is 14.6 Å². The van der Waals surface area contributed by atoms with Crippen LogP contribution in [0, 0.1) is 0 Å². The van der Waals surface area contributed by atoms with Gasteiger partial charge in [0.25, 0.3) is 0 Å². The fraction of sp³-hybridized carbons (Fsp3) is 0.125. The van der Waals surface area contributed by atoms with Crippen molar-refractivity contribution in [1.82, 2.24) is 0 Å². The Morgan fingerprint density at radius 1 is 1.85 bits per heavy atom. The molecule has 0 unspecified atom stereocenters. The number of ether oxygens (including phenoxy) is 1. The summed E-state index contributed by atoms with van der Waals surface area (Å²) in [7, 11) is 0. The first-order valence-corrected chi connectivity index (χ1v) is 4.42. The average molecular weight is 199 g/mol. The summed E-state index contributed by atoms with van der Waals surface area (Å²) < 4.78 is 4.66. The quantitative estimate of drug-likeness (QED) is 0.733. The minimum absolute atomic E-state index is 0.152. The Morgan fingerprint density at radius 3 is 3.15 bits per heavy atom. The fourth-order valence-corrected chi connectivity index (χ4v) is 1.25. The van der Waals surface area contributed by atoms with Crippen molar-refractivity contribution in [3.63, 3.8) is 0 Å². The van der Waals surface area contributed by atoms with Gasteiger partial charge >= 0.3 is 6.09 Å². The van der Waals surface area contributed by atoms with Gasteiger partial charge in [-0.15, -0.1) is 11.3 Å². The van der Waals surface area contributed by atoms with Gasteiger partial charge in [-0.3, -0.25) is 5.32 Å². The number of carbonyl (C=O) groups excluding carboxylic acids is 1. The van der Waals surface area contributed by atoms with E-state index in [0.717, 1.165) is 11.3 Å². The van der Waals surface area contributed by atoms with E-state index in [1.165, 1.54) is 12.1 Å². The maximum Gasteiger partial charge on any atom is 0.411 e. The summed E-state index contributed by atoms with van der Waals surface area (Å²) in [6.07, 6.45) is 0.919. The minimum Gasteiger partial charge on any atom is -0.499 e. The summed E-state index contributed by atoms with van der Waals surface area (Å²) >= 11 is 1.14. The van der Waals surface area contributed by atoms with Gasteiger partial charge in [-0.05, 0) is 0 Å². The molecule has 1 aromatic rings. The maximum atomic E-state index is 10.9. The predicted molar refractivity (Wildman–Crippen MR) is 51.2 cm³/mol. The van der Waals surface area contributed by atoms with Gasteiger partial charge in [0, 0.05) is 11.4 Å². The van der Waals surface area contributed by atoms with Crippen LogP contribution in [0.5, 0.6) is 5.06 Å². The monoisotopic (exact) mass is 199 g/mol. The SMILES string of the molecule is C=CCOC(=O)Nc1csc(O)c1. The van der Waals surface area contributed by atoms with Gasteiger partial charge in [0.05, 0.1) is 5.69 Å². The van der Waals surface area contributed by atoms with Crippen LogP contribution in [0.25, 0.3) is 0 Å². The second kappa shape index (κ2) is 4.51. The summed E-state index contributed by atoms with van der Waals surface area (Å²) in [6.45, 7) is 3.57. The Labute approximate surface area is 79.5 Å². The van der Waals surface area contributed by atoms with Crippen LogP contribution in [0.3, 0.4) is 0 Å². The molecule has 0 spiro atoms. The fourth-order valence-electron chi connectivity index (χ4n) is 0.679. The predicted octanol–water partition coefficient (Wildman–Crippen LogP) is 2.19. The van der Waals surface area contributed by atoms with Crippen LogP contribution in [0.1, 0.15) is 0 Å². The van der Waals surface area contributed by atoms with E-state index in [1.807, 2.05) is 0 Å². The van der Waals surface area contributed by atoms with Crippen molar-refractivity contribution in [3.8, 4) is 5.06 Å². The zero-order valence-corrected chi connectivity index (χ0v) is 7.63. The number of nitrogens with one attached hydrogen (secondary N) is 1. The van der Waals surface area contributed by atoms with E-state index in [4.69, 9.17) is 5.11 Å². The molecule has 0 fully saturated rings. The van der Waals surface area contributed by atoms with Crippen LogP contribution in [-0.2, 0) is 4.74 Å². The molecule has 2 N–H and O–H groups in total. The molecule has 1 amide bonds. The standard InChI is InChI=1S/C8H9NO3S/c1-2-3-12-8(11)9-6-4-7(10)13-5-6/h2,4-5,10H,1,3H2,(H,9,11). The number of rotatable bonds is 3. The van der Waals surface area contributed by atoms with E-state index in [2.05, 4.69) is 16.6 Å². The van der Waals surface area contributed by atoms with E-state index in [1.54, 1.807) is 5.38 Å². The third-order valence-electron chi connectivity index (χ3n) is 1.16. The molecule has 0 saturated heterocycles.